The van der Waals surface area contributed by atoms with Crippen LogP contribution in [0.4, 0.5) is 5.95 Å². The summed E-state index contributed by atoms with van der Waals surface area (Å²) in [5.41, 5.74) is 7.43. The fraction of sp³-hybridized carbons (Fsp3) is 0.235. The number of fused-ring (bicyclic) bond motifs is 1. The van der Waals surface area contributed by atoms with Gasteiger partial charge in [0.15, 0.2) is 5.65 Å². The van der Waals surface area contributed by atoms with E-state index >= 15 is 0 Å². The highest BCUT2D eigenvalue weighted by Crippen LogP contribution is 2.16. The number of imidazole rings is 1. The number of nitrogen functional groups attached to an aromatic ring is 1. The van der Waals surface area contributed by atoms with E-state index in [0.29, 0.717) is 23.4 Å². The van der Waals surface area contributed by atoms with Crippen LogP contribution in [0.15, 0.2) is 36.7 Å². The summed E-state index contributed by atoms with van der Waals surface area (Å²) in [5, 5.41) is 9.75. The van der Waals surface area contributed by atoms with Crippen LogP contribution >= 0.6 is 0 Å². The van der Waals surface area contributed by atoms with Crippen LogP contribution in [-0.2, 0) is 6.54 Å². The van der Waals surface area contributed by atoms with Crippen LogP contribution in [0.5, 0.6) is 0 Å². The van der Waals surface area contributed by atoms with Gasteiger partial charge in [-0.15, -0.1) is 0 Å². The minimum Gasteiger partial charge on any atom is -0.378 e. The molecule has 0 aliphatic carbocycles. The Hall–Kier alpha value is -2.91. The van der Waals surface area contributed by atoms with Gasteiger partial charge in [0.25, 0.3) is 0 Å². The quantitative estimate of drug-likeness (QED) is 0.702. The van der Waals surface area contributed by atoms with E-state index in [1.54, 1.807) is 20.2 Å². The maximum Gasteiger partial charge on any atom is 0.223 e. The summed E-state index contributed by atoms with van der Waals surface area (Å²) in [6, 6.07) is 10.0. The van der Waals surface area contributed by atoms with Crippen molar-refractivity contribution in [2.45, 2.75) is 26.0 Å². The lowest BCUT2D eigenvalue weighted by Gasteiger charge is -2.06. The van der Waals surface area contributed by atoms with Crippen LogP contribution in [0.2, 0.25) is 0 Å². The van der Waals surface area contributed by atoms with Crippen LogP contribution in [0, 0.1) is 11.8 Å². The van der Waals surface area contributed by atoms with Crippen LogP contribution in [-0.4, -0.2) is 30.2 Å². The zero-order chi connectivity index (χ0) is 16.4. The molecule has 1 aromatic carbocycles. The minimum atomic E-state index is -1.11. The Morgan fingerprint density at radius 3 is 2.65 bits per heavy atom. The molecule has 0 amide bonds. The molecule has 6 nitrogen and oxygen atoms in total. The Bertz CT molecular complexity index is 898. The second-order valence-corrected chi connectivity index (χ2v) is 5.77. The van der Waals surface area contributed by atoms with E-state index in [1.165, 1.54) is 0 Å². The number of nitrogens with two attached hydrogens (primary N) is 1. The van der Waals surface area contributed by atoms with Gasteiger partial charge in [-0.2, -0.15) is 4.98 Å². The van der Waals surface area contributed by atoms with Crippen LogP contribution in [0.25, 0.3) is 11.2 Å². The summed E-state index contributed by atoms with van der Waals surface area (Å²) >= 11 is 0. The molecule has 6 heteroatoms. The van der Waals surface area contributed by atoms with E-state index in [4.69, 9.17) is 5.73 Å². The molecule has 23 heavy (non-hydrogen) atoms. The highest BCUT2D eigenvalue weighted by Gasteiger charge is 2.12. The van der Waals surface area contributed by atoms with Crippen molar-refractivity contribution < 1.29 is 5.11 Å². The first-order valence-electron chi connectivity index (χ1n) is 7.20. The van der Waals surface area contributed by atoms with Crippen molar-refractivity contribution in [1.82, 2.24) is 19.5 Å². The molecule has 2 aromatic heterocycles. The molecule has 0 spiro atoms. The summed E-state index contributed by atoms with van der Waals surface area (Å²) in [4.78, 5) is 12.8. The van der Waals surface area contributed by atoms with Crippen molar-refractivity contribution >= 4 is 17.1 Å². The topological polar surface area (TPSA) is 89.8 Å². The van der Waals surface area contributed by atoms with Crippen molar-refractivity contribution in [2.24, 2.45) is 0 Å². The maximum absolute atomic E-state index is 9.75. The molecular weight excluding hydrogens is 290 g/mol. The van der Waals surface area contributed by atoms with Crippen LogP contribution < -0.4 is 5.73 Å². The maximum atomic E-state index is 9.75. The van der Waals surface area contributed by atoms with Crippen molar-refractivity contribution in [3.8, 4) is 11.8 Å². The molecule has 3 N–H and O–H groups in total. The lowest BCUT2D eigenvalue weighted by atomic mass is 10.1. The van der Waals surface area contributed by atoms with E-state index in [-0.39, 0.29) is 5.95 Å². The van der Waals surface area contributed by atoms with Crippen molar-refractivity contribution in [3.63, 3.8) is 0 Å². The lowest BCUT2D eigenvalue weighted by Crippen LogP contribution is -2.14. The number of hydrogen-bond donors (Lipinski definition) is 2. The van der Waals surface area contributed by atoms with Crippen molar-refractivity contribution in [3.05, 3.63) is 47.9 Å². The minimum absolute atomic E-state index is 0.132. The molecule has 0 atom stereocenters. The molecule has 0 saturated carbocycles. The number of benzene rings is 1. The molecule has 0 unspecified atom stereocenters. The summed E-state index contributed by atoms with van der Waals surface area (Å²) in [6.07, 6.45) is 1.70. The first-order valence-corrected chi connectivity index (χ1v) is 7.20. The van der Waals surface area contributed by atoms with Gasteiger partial charge in [-0.3, -0.25) is 0 Å². The molecule has 0 aliphatic rings. The second kappa shape index (κ2) is 5.71. The fourth-order valence-corrected chi connectivity index (χ4v) is 2.16. The van der Waals surface area contributed by atoms with Crippen LogP contribution in [0.1, 0.15) is 25.1 Å². The highest BCUT2D eigenvalue weighted by molar-refractivity contribution is 5.78. The molecule has 2 heterocycles. The van der Waals surface area contributed by atoms with E-state index in [9.17, 15) is 5.11 Å². The fourth-order valence-electron chi connectivity index (χ4n) is 2.16. The van der Waals surface area contributed by atoms with Gasteiger partial charge in [0, 0.05) is 0 Å². The summed E-state index contributed by atoms with van der Waals surface area (Å²) in [5.74, 6) is 5.70. The van der Waals surface area contributed by atoms with E-state index in [0.717, 1.165) is 5.56 Å². The third kappa shape index (κ3) is 3.47. The zero-order valence-corrected chi connectivity index (χ0v) is 13.0. The Balaban J connectivity index is 2.06. The smallest absolute Gasteiger partial charge is 0.223 e. The number of aromatic nitrogens is 4. The number of rotatable bonds is 2. The zero-order valence-electron chi connectivity index (χ0n) is 13.0. The van der Waals surface area contributed by atoms with Gasteiger partial charge in [0.1, 0.15) is 16.8 Å². The lowest BCUT2D eigenvalue weighted by molar-refractivity contribution is 0.143. The van der Waals surface area contributed by atoms with E-state index in [2.05, 4.69) is 26.8 Å². The number of anilines is 1. The van der Waals surface area contributed by atoms with Gasteiger partial charge in [-0.05, 0) is 25.3 Å². The molecule has 3 aromatic rings. The SMILES string of the molecule is CC(C)(O)C#Cc1nc(N)nc2c1ncn2Cc1ccccc1. The standard InChI is InChI=1S/C17H17N5O/c1-17(2,23)9-8-13-14-15(21-16(18)20-13)22(11-19-14)10-12-6-4-3-5-7-12/h3-7,11,23H,10H2,1-2H3,(H2,18,20,21). The predicted molar refractivity (Wildman–Crippen MR) is 88.5 cm³/mol. The third-order valence-corrected chi connectivity index (χ3v) is 3.16. The molecular formula is C17H17N5O. The highest BCUT2D eigenvalue weighted by atomic mass is 16.3. The largest absolute Gasteiger partial charge is 0.378 e. The van der Waals surface area contributed by atoms with Crippen molar-refractivity contribution in [2.75, 3.05) is 5.73 Å². The van der Waals surface area contributed by atoms with Gasteiger partial charge in [-0.25, -0.2) is 9.97 Å². The third-order valence-electron chi connectivity index (χ3n) is 3.16. The van der Waals surface area contributed by atoms with Gasteiger partial charge in [0.05, 0.1) is 12.9 Å². The summed E-state index contributed by atoms with van der Waals surface area (Å²) in [7, 11) is 0. The van der Waals surface area contributed by atoms with Crippen molar-refractivity contribution in [1.29, 1.82) is 0 Å². The molecule has 0 saturated heterocycles. The average Bonchev–Trinajstić information content (AvgIpc) is 2.88. The Morgan fingerprint density at radius 2 is 1.96 bits per heavy atom. The molecule has 3 rings (SSSR count). The Morgan fingerprint density at radius 1 is 1.22 bits per heavy atom. The van der Waals surface area contributed by atoms with Gasteiger partial charge >= 0.3 is 0 Å². The Labute approximate surface area is 134 Å². The summed E-state index contributed by atoms with van der Waals surface area (Å²) in [6.45, 7) is 3.84. The number of hydrogen-bond acceptors (Lipinski definition) is 5. The summed E-state index contributed by atoms with van der Waals surface area (Å²) < 4.78 is 1.90. The first kappa shape index (κ1) is 15.0. The second-order valence-electron chi connectivity index (χ2n) is 5.77. The average molecular weight is 307 g/mol. The van der Waals surface area contributed by atoms with Gasteiger partial charge < -0.3 is 15.4 Å². The van der Waals surface area contributed by atoms with Gasteiger partial charge in [0.2, 0.25) is 5.95 Å². The Kier molecular flexibility index (Phi) is 3.72. The monoisotopic (exact) mass is 307 g/mol. The predicted octanol–water partition coefficient (Wildman–Crippen LogP) is 1.58. The molecule has 0 bridgehead atoms. The van der Waals surface area contributed by atoms with E-state index in [1.807, 2.05) is 34.9 Å². The van der Waals surface area contributed by atoms with Crippen LogP contribution in [0.3, 0.4) is 0 Å². The normalized spacial score (nSPS) is 11.3. The molecule has 116 valence electrons. The van der Waals surface area contributed by atoms with Gasteiger partial charge in [-0.1, -0.05) is 36.3 Å². The first-order chi connectivity index (χ1) is 10.9. The molecule has 0 fully saturated rings. The van der Waals surface area contributed by atoms with E-state index < -0.39 is 5.60 Å². The number of nitrogens with zero attached hydrogens (tertiary/aromatic N) is 4. The molecule has 0 aliphatic heterocycles. The number of aliphatic hydroxyl groups is 1. The molecule has 0 radical (unpaired) electrons.